The van der Waals surface area contributed by atoms with Gasteiger partial charge in [0.2, 0.25) is 0 Å². The number of rotatable bonds is 5. The Bertz CT molecular complexity index is 446. The third-order valence-corrected chi connectivity index (χ3v) is 2.43. The molecule has 0 unspecified atom stereocenters. The van der Waals surface area contributed by atoms with Crippen LogP contribution in [-0.4, -0.2) is 21.5 Å². The summed E-state index contributed by atoms with van der Waals surface area (Å²) >= 11 is 0. The lowest BCUT2D eigenvalue weighted by molar-refractivity contribution is 0.431. The summed E-state index contributed by atoms with van der Waals surface area (Å²) in [6.07, 6.45) is 5.52. The fourth-order valence-electron chi connectivity index (χ4n) is 1.54. The molecule has 2 rings (SSSR count). The van der Waals surface area contributed by atoms with Crippen molar-refractivity contribution in [2.75, 3.05) is 6.54 Å². The van der Waals surface area contributed by atoms with Crippen molar-refractivity contribution in [3.63, 3.8) is 0 Å². The number of nitrogens with one attached hydrogen (secondary N) is 1. The molecule has 0 amide bonds. The van der Waals surface area contributed by atoms with Crippen LogP contribution in [0.25, 0.3) is 11.3 Å². The smallest absolute Gasteiger partial charge is 0.174 e. The Morgan fingerprint density at radius 2 is 2.25 bits per heavy atom. The monoisotopic (exact) mass is 220 g/mol. The fourth-order valence-corrected chi connectivity index (χ4v) is 1.54. The van der Waals surface area contributed by atoms with Crippen molar-refractivity contribution in [3.05, 3.63) is 24.2 Å². The summed E-state index contributed by atoms with van der Waals surface area (Å²) in [6, 6.07) is 0. The van der Waals surface area contributed by atoms with Gasteiger partial charge in [-0.2, -0.15) is 5.10 Å². The van der Waals surface area contributed by atoms with Gasteiger partial charge in [-0.05, 0) is 13.5 Å². The predicted molar refractivity (Wildman–Crippen MR) is 60.8 cm³/mol. The molecular formula is C11H16N4O. The van der Waals surface area contributed by atoms with Crippen molar-refractivity contribution in [1.82, 2.24) is 20.3 Å². The van der Waals surface area contributed by atoms with Crippen molar-refractivity contribution >= 4 is 0 Å². The van der Waals surface area contributed by atoms with Crippen molar-refractivity contribution in [2.45, 2.75) is 26.9 Å². The first-order chi connectivity index (χ1) is 7.85. The molecule has 1 N–H and O–H groups in total. The molecule has 5 heteroatoms. The molecular weight excluding hydrogens is 204 g/mol. The molecule has 5 nitrogen and oxygen atoms in total. The molecule has 0 atom stereocenters. The van der Waals surface area contributed by atoms with Gasteiger partial charge in [0.25, 0.3) is 0 Å². The molecule has 0 saturated carbocycles. The van der Waals surface area contributed by atoms with Gasteiger partial charge in [0, 0.05) is 24.8 Å². The van der Waals surface area contributed by atoms with E-state index in [1.807, 2.05) is 10.9 Å². The number of hydrogen-bond acceptors (Lipinski definition) is 4. The molecule has 0 aliphatic carbocycles. The number of aryl methyl sites for hydroxylation is 1. The zero-order valence-electron chi connectivity index (χ0n) is 9.60. The van der Waals surface area contributed by atoms with E-state index in [9.17, 15) is 0 Å². The maximum Gasteiger partial charge on any atom is 0.174 e. The van der Waals surface area contributed by atoms with E-state index in [1.165, 1.54) is 0 Å². The van der Waals surface area contributed by atoms with E-state index >= 15 is 0 Å². The van der Waals surface area contributed by atoms with E-state index in [0.717, 1.165) is 36.5 Å². The number of aromatic nitrogens is 3. The van der Waals surface area contributed by atoms with Gasteiger partial charge in [-0.1, -0.05) is 12.1 Å². The fraction of sp³-hybridized carbons (Fsp3) is 0.455. The van der Waals surface area contributed by atoms with Crippen LogP contribution >= 0.6 is 0 Å². The van der Waals surface area contributed by atoms with Gasteiger partial charge < -0.3 is 9.84 Å². The second-order valence-corrected chi connectivity index (χ2v) is 3.55. The van der Waals surface area contributed by atoms with E-state index in [0.29, 0.717) is 0 Å². The third-order valence-electron chi connectivity index (χ3n) is 2.43. The predicted octanol–water partition coefficient (Wildman–Crippen LogP) is 1.67. The molecule has 0 aromatic carbocycles. The summed E-state index contributed by atoms with van der Waals surface area (Å²) < 4.78 is 7.13. The molecule has 0 saturated heterocycles. The average molecular weight is 220 g/mol. The summed E-state index contributed by atoms with van der Waals surface area (Å²) in [5.41, 5.74) is 2.05. The molecule has 0 radical (unpaired) electrons. The van der Waals surface area contributed by atoms with E-state index < -0.39 is 0 Å². The van der Waals surface area contributed by atoms with Crippen molar-refractivity contribution in [3.8, 4) is 11.3 Å². The molecule has 2 aromatic heterocycles. The van der Waals surface area contributed by atoms with Crippen LogP contribution in [0.3, 0.4) is 0 Å². The second-order valence-electron chi connectivity index (χ2n) is 3.55. The number of hydrogen-bond donors (Lipinski definition) is 1. The first-order valence-corrected chi connectivity index (χ1v) is 5.52. The van der Waals surface area contributed by atoms with Crippen molar-refractivity contribution in [2.24, 2.45) is 0 Å². The minimum absolute atomic E-state index is 0.770. The Hall–Kier alpha value is -1.62. The van der Waals surface area contributed by atoms with Crippen LogP contribution in [0.15, 0.2) is 23.1 Å². The first-order valence-electron chi connectivity index (χ1n) is 5.52. The first kappa shape index (κ1) is 10.9. The maximum atomic E-state index is 5.26. The van der Waals surface area contributed by atoms with Gasteiger partial charge in [-0.25, -0.2) is 0 Å². The molecule has 86 valence electrons. The maximum absolute atomic E-state index is 5.26. The highest BCUT2D eigenvalue weighted by molar-refractivity contribution is 5.58. The molecule has 16 heavy (non-hydrogen) atoms. The zero-order valence-corrected chi connectivity index (χ0v) is 9.60. The van der Waals surface area contributed by atoms with Crippen molar-refractivity contribution < 1.29 is 4.52 Å². The summed E-state index contributed by atoms with van der Waals surface area (Å²) in [7, 11) is 0. The van der Waals surface area contributed by atoms with Gasteiger partial charge in [0.15, 0.2) is 5.76 Å². The Kier molecular flexibility index (Phi) is 3.36. The Labute approximate surface area is 94.4 Å². The van der Waals surface area contributed by atoms with Crippen LogP contribution in [0.4, 0.5) is 0 Å². The average Bonchev–Trinajstić information content (AvgIpc) is 2.94. The normalized spacial score (nSPS) is 10.9. The van der Waals surface area contributed by atoms with Crippen LogP contribution in [-0.2, 0) is 13.1 Å². The Morgan fingerprint density at radius 1 is 1.38 bits per heavy atom. The summed E-state index contributed by atoms with van der Waals surface area (Å²) in [5.74, 6) is 0.806. The lowest BCUT2D eigenvalue weighted by atomic mass is 10.2. The lowest BCUT2D eigenvalue weighted by Gasteiger charge is -1.99. The standard InChI is InChI=1S/C11H16N4O/c1-3-12-5-9-7-14-16-11(9)10-6-13-15(4-2)8-10/h6-8,12H,3-5H2,1-2H3. The molecule has 2 aromatic rings. The van der Waals surface area contributed by atoms with E-state index in [-0.39, 0.29) is 0 Å². The zero-order chi connectivity index (χ0) is 11.4. The van der Waals surface area contributed by atoms with E-state index in [2.05, 4.69) is 29.4 Å². The number of nitrogens with zero attached hydrogens (tertiary/aromatic N) is 3. The van der Waals surface area contributed by atoms with Crippen LogP contribution in [0, 0.1) is 0 Å². The molecule has 0 fully saturated rings. The van der Waals surface area contributed by atoms with Gasteiger partial charge in [-0.3, -0.25) is 4.68 Å². The largest absolute Gasteiger partial charge is 0.356 e. The molecule has 0 bridgehead atoms. The summed E-state index contributed by atoms with van der Waals surface area (Å²) in [5, 5.41) is 11.3. The van der Waals surface area contributed by atoms with Crippen LogP contribution in [0.1, 0.15) is 19.4 Å². The highest BCUT2D eigenvalue weighted by atomic mass is 16.5. The van der Waals surface area contributed by atoms with Crippen LogP contribution in [0.2, 0.25) is 0 Å². The van der Waals surface area contributed by atoms with Crippen molar-refractivity contribution in [1.29, 1.82) is 0 Å². The van der Waals surface area contributed by atoms with Crippen LogP contribution < -0.4 is 5.32 Å². The molecule has 2 heterocycles. The topological polar surface area (TPSA) is 55.9 Å². The molecule has 0 aliphatic heterocycles. The lowest BCUT2D eigenvalue weighted by Crippen LogP contribution is -2.11. The SMILES string of the molecule is CCNCc1cnoc1-c1cnn(CC)c1. The van der Waals surface area contributed by atoms with Gasteiger partial charge in [-0.15, -0.1) is 0 Å². The summed E-state index contributed by atoms with van der Waals surface area (Å²) in [6.45, 7) is 6.68. The van der Waals surface area contributed by atoms with E-state index in [1.54, 1.807) is 12.4 Å². The highest BCUT2D eigenvalue weighted by Gasteiger charge is 2.11. The second kappa shape index (κ2) is 4.94. The Balaban J connectivity index is 2.22. The highest BCUT2D eigenvalue weighted by Crippen LogP contribution is 2.22. The molecule has 0 spiro atoms. The van der Waals surface area contributed by atoms with Gasteiger partial charge in [0.05, 0.1) is 18.0 Å². The quantitative estimate of drug-likeness (QED) is 0.832. The van der Waals surface area contributed by atoms with Crippen LogP contribution in [0.5, 0.6) is 0 Å². The molecule has 0 aliphatic rings. The minimum Gasteiger partial charge on any atom is -0.356 e. The van der Waals surface area contributed by atoms with Gasteiger partial charge in [0.1, 0.15) is 0 Å². The van der Waals surface area contributed by atoms with E-state index in [4.69, 9.17) is 4.52 Å². The Morgan fingerprint density at radius 3 is 2.94 bits per heavy atom. The minimum atomic E-state index is 0.770. The van der Waals surface area contributed by atoms with Gasteiger partial charge >= 0.3 is 0 Å². The third kappa shape index (κ3) is 2.14. The summed E-state index contributed by atoms with van der Waals surface area (Å²) in [4.78, 5) is 0.